The van der Waals surface area contributed by atoms with Crippen LogP contribution in [0.15, 0.2) is 84.9 Å². The van der Waals surface area contributed by atoms with Gasteiger partial charge in [0.2, 0.25) is 0 Å². The maximum absolute atomic E-state index is 12.7. The summed E-state index contributed by atoms with van der Waals surface area (Å²) in [5, 5.41) is 2.20. The van der Waals surface area contributed by atoms with Crippen molar-refractivity contribution in [3.8, 4) is 0 Å². The molecule has 1 heterocycles. The smallest absolute Gasteiger partial charge is 0.166 e. The molecule has 0 aliphatic heterocycles. The average molecular weight is 525 g/mol. The largest absolute Gasteiger partial charge is 0.416 e. The Morgan fingerprint density at radius 1 is 0.432 bits per heavy atom. The molecule has 5 aromatic rings. The van der Waals surface area contributed by atoms with E-state index >= 15 is 0 Å². The van der Waals surface area contributed by atoms with E-state index in [9.17, 15) is 26.3 Å². The van der Waals surface area contributed by atoms with Crippen molar-refractivity contribution in [3.63, 3.8) is 0 Å². The molecule has 0 radical (unpaired) electrons. The fraction of sp³-hybridized carbons (Fsp3) is 0.0667. The second-order valence-corrected chi connectivity index (χ2v) is 9.60. The Morgan fingerprint density at radius 2 is 0.757 bits per heavy atom. The first-order valence-electron chi connectivity index (χ1n) is 11.2. The van der Waals surface area contributed by atoms with Gasteiger partial charge in [0, 0.05) is 20.2 Å². The molecule has 0 saturated carbocycles. The van der Waals surface area contributed by atoms with Gasteiger partial charge in [0.25, 0.3) is 0 Å². The molecule has 0 aliphatic carbocycles. The summed E-state index contributed by atoms with van der Waals surface area (Å²) in [5.41, 5.74) is 1.86. The fourth-order valence-electron chi connectivity index (χ4n) is 3.97. The van der Waals surface area contributed by atoms with Crippen LogP contribution in [0, 0.1) is 0 Å². The van der Waals surface area contributed by atoms with Crippen LogP contribution in [0.4, 0.5) is 26.3 Å². The molecule has 0 spiro atoms. The zero-order chi connectivity index (χ0) is 26.2. The van der Waals surface area contributed by atoms with Crippen molar-refractivity contribution in [2.24, 2.45) is 0 Å². The number of alkyl halides is 6. The van der Waals surface area contributed by atoms with Crippen molar-refractivity contribution in [2.45, 2.75) is 12.4 Å². The van der Waals surface area contributed by atoms with Crippen molar-refractivity contribution >= 4 is 55.8 Å². The van der Waals surface area contributed by atoms with Gasteiger partial charge < -0.3 is 0 Å². The van der Waals surface area contributed by atoms with Crippen LogP contribution >= 0.6 is 11.3 Å². The third kappa shape index (κ3) is 5.62. The Hall–Kier alpha value is -3.84. The Bertz CT molecular complexity index is 1490. The van der Waals surface area contributed by atoms with E-state index in [2.05, 4.69) is 0 Å². The Balaban J connectivity index is 1.36. The Morgan fingerprint density at radius 3 is 1.11 bits per heavy atom. The first-order chi connectivity index (χ1) is 17.6. The summed E-state index contributed by atoms with van der Waals surface area (Å²) in [6.07, 6.45) is -1.43. The summed E-state index contributed by atoms with van der Waals surface area (Å²) in [6, 6.07) is 22.1. The van der Waals surface area contributed by atoms with Gasteiger partial charge in [-0.05, 0) is 58.7 Å². The van der Waals surface area contributed by atoms with Crippen LogP contribution in [0.2, 0.25) is 0 Å². The van der Waals surface area contributed by atoms with Gasteiger partial charge in [-0.1, -0.05) is 72.8 Å². The predicted octanol–water partition coefficient (Wildman–Crippen LogP) is 10.4. The normalized spacial score (nSPS) is 12.9. The average Bonchev–Trinajstić information content (AvgIpc) is 3.22. The molecule has 0 atom stereocenters. The molecule has 37 heavy (non-hydrogen) atoms. The molecule has 5 rings (SSSR count). The van der Waals surface area contributed by atoms with E-state index in [1.54, 1.807) is 23.5 Å². The highest BCUT2D eigenvalue weighted by Crippen LogP contribution is 2.36. The molecule has 1 aromatic heterocycles. The molecule has 0 bridgehead atoms. The monoisotopic (exact) mass is 524 g/mol. The molecule has 7 heteroatoms. The zero-order valence-corrected chi connectivity index (χ0v) is 19.9. The number of hydrogen-bond donors (Lipinski definition) is 0. The molecular formula is C30H18F6S. The SMILES string of the molecule is FC(F)(F)c1ccc(C=Cc2ccc3c(c2)sc2cc(C=Cc4ccc(C(F)(F)F)cc4)ccc23)cc1. The highest BCUT2D eigenvalue weighted by molar-refractivity contribution is 7.25. The summed E-state index contributed by atoms with van der Waals surface area (Å²) >= 11 is 1.62. The van der Waals surface area contributed by atoms with Gasteiger partial charge in [0.15, 0.2) is 0 Å². The van der Waals surface area contributed by atoms with E-state index < -0.39 is 23.5 Å². The number of hydrogen-bond acceptors (Lipinski definition) is 1. The van der Waals surface area contributed by atoms with Crippen LogP contribution in [-0.4, -0.2) is 0 Å². The topological polar surface area (TPSA) is 0 Å². The molecule has 0 fully saturated rings. The van der Waals surface area contributed by atoms with E-state index in [4.69, 9.17) is 0 Å². The molecule has 0 saturated heterocycles. The Kier molecular flexibility index (Phi) is 6.42. The van der Waals surface area contributed by atoms with Crippen LogP contribution in [0.3, 0.4) is 0 Å². The number of benzene rings is 4. The van der Waals surface area contributed by atoms with E-state index in [1.165, 1.54) is 24.3 Å². The van der Waals surface area contributed by atoms with Gasteiger partial charge in [0.05, 0.1) is 11.1 Å². The van der Waals surface area contributed by atoms with Gasteiger partial charge in [-0.25, -0.2) is 0 Å². The van der Waals surface area contributed by atoms with Gasteiger partial charge >= 0.3 is 12.4 Å². The zero-order valence-electron chi connectivity index (χ0n) is 19.1. The summed E-state index contributed by atoms with van der Waals surface area (Å²) in [6.45, 7) is 0. The third-order valence-corrected chi connectivity index (χ3v) is 7.05. The highest BCUT2D eigenvalue weighted by atomic mass is 32.1. The minimum Gasteiger partial charge on any atom is -0.166 e. The maximum Gasteiger partial charge on any atom is 0.416 e. The molecule has 0 N–H and O–H groups in total. The molecule has 4 aromatic carbocycles. The molecule has 0 unspecified atom stereocenters. The number of thiophene rings is 1. The molecule has 0 nitrogen and oxygen atoms in total. The van der Waals surface area contributed by atoms with E-state index in [0.29, 0.717) is 11.1 Å². The highest BCUT2D eigenvalue weighted by Gasteiger charge is 2.30. The van der Waals surface area contributed by atoms with Crippen molar-refractivity contribution < 1.29 is 26.3 Å². The molecule has 0 amide bonds. The quantitative estimate of drug-likeness (QED) is 0.162. The molecule has 0 aliphatic rings. The van der Waals surface area contributed by atoms with Crippen LogP contribution in [0.1, 0.15) is 33.4 Å². The third-order valence-electron chi connectivity index (χ3n) is 5.93. The van der Waals surface area contributed by atoms with Gasteiger partial charge in [-0.15, -0.1) is 11.3 Å². The fourth-order valence-corrected chi connectivity index (χ4v) is 5.17. The van der Waals surface area contributed by atoms with Gasteiger partial charge in [-0.2, -0.15) is 26.3 Å². The van der Waals surface area contributed by atoms with Crippen molar-refractivity contribution in [1.29, 1.82) is 0 Å². The minimum absolute atomic E-state index is 0.675. The minimum atomic E-state index is -4.35. The van der Waals surface area contributed by atoms with Crippen LogP contribution in [-0.2, 0) is 12.4 Å². The van der Waals surface area contributed by atoms with E-state index in [-0.39, 0.29) is 0 Å². The summed E-state index contributed by atoms with van der Waals surface area (Å²) in [7, 11) is 0. The van der Waals surface area contributed by atoms with Crippen molar-refractivity contribution in [2.75, 3.05) is 0 Å². The summed E-state index contributed by atoms with van der Waals surface area (Å²) < 4.78 is 78.6. The van der Waals surface area contributed by atoms with Crippen LogP contribution < -0.4 is 0 Å². The standard InChI is InChI=1S/C30H18F6S/c31-29(32,33)23-11-5-19(6-12-23)1-3-21-9-15-25-26-16-10-22(18-28(26)37-27(25)17-21)4-2-20-7-13-24(14-8-20)30(34,35)36/h1-18H. The van der Waals surface area contributed by atoms with Crippen LogP contribution in [0.5, 0.6) is 0 Å². The van der Waals surface area contributed by atoms with Crippen LogP contribution in [0.25, 0.3) is 44.5 Å². The maximum atomic E-state index is 12.7. The summed E-state index contributed by atoms with van der Waals surface area (Å²) in [4.78, 5) is 0. The number of fused-ring (bicyclic) bond motifs is 3. The van der Waals surface area contributed by atoms with Crippen molar-refractivity contribution in [1.82, 2.24) is 0 Å². The second-order valence-electron chi connectivity index (χ2n) is 8.52. The van der Waals surface area contributed by atoms with E-state index in [0.717, 1.165) is 55.6 Å². The second kappa shape index (κ2) is 9.56. The lowest BCUT2D eigenvalue weighted by atomic mass is 10.1. The first kappa shape index (κ1) is 24.8. The van der Waals surface area contributed by atoms with Crippen molar-refractivity contribution in [3.05, 3.63) is 118 Å². The van der Waals surface area contributed by atoms with E-state index in [1.807, 2.05) is 48.6 Å². The first-order valence-corrected chi connectivity index (χ1v) is 12.0. The number of halogens is 6. The molecular weight excluding hydrogens is 506 g/mol. The molecule has 186 valence electrons. The lowest BCUT2D eigenvalue weighted by Crippen LogP contribution is -2.03. The predicted molar refractivity (Wildman–Crippen MR) is 140 cm³/mol. The van der Waals surface area contributed by atoms with Gasteiger partial charge in [-0.3, -0.25) is 0 Å². The Labute approximate surface area is 212 Å². The summed E-state index contributed by atoms with van der Waals surface area (Å²) in [5.74, 6) is 0. The lowest BCUT2D eigenvalue weighted by Gasteiger charge is -2.05. The number of rotatable bonds is 4. The lowest BCUT2D eigenvalue weighted by molar-refractivity contribution is -0.138. The van der Waals surface area contributed by atoms with Gasteiger partial charge in [0.1, 0.15) is 0 Å².